The second-order valence-corrected chi connectivity index (χ2v) is 8.87. The highest BCUT2D eigenvalue weighted by molar-refractivity contribution is 7.39. The van der Waals surface area contributed by atoms with Crippen molar-refractivity contribution in [3.63, 3.8) is 0 Å². The third-order valence-corrected chi connectivity index (χ3v) is 7.02. The summed E-state index contributed by atoms with van der Waals surface area (Å²) >= 11 is 0. The van der Waals surface area contributed by atoms with Gasteiger partial charge in [-0.25, -0.2) is 4.79 Å². The van der Waals surface area contributed by atoms with Gasteiger partial charge < -0.3 is 15.7 Å². The van der Waals surface area contributed by atoms with Gasteiger partial charge in [0.15, 0.2) is 8.03 Å². The van der Waals surface area contributed by atoms with E-state index in [0.29, 0.717) is 24.7 Å². The summed E-state index contributed by atoms with van der Waals surface area (Å²) in [5.41, 5.74) is 5.38. The lowest BCUT2D eigenvalue weighted by atomic mass is 9.83. The van der Waals surface area contributed by atoms with Crippen LogP contribution in [-0.2, 0) is 9.36 Å². The molecular weight excluding hydrogens is 325 g/mol. The molecule has 3 atom stereocenters. The Labute approximate surface area is 145 Å². The Morgan fingerprint density at radius 3 is 2.17 bits per heavy atom. The molecule has 0 bridgehead atoms. The summed E-state index contributed by atoms with van der Waals surface area (Å²) in [6.07, 6.45) is 13.5. The number of carbonyl (C=O) groups is 1. The average molecular weight is 357 g/mol. The highest BCUT2D eigenvalue weighted by Gasteiger charge is 2.33. The Kier molecular flexibility index (Phi) is 7.99. The van der Waals surface area contributed by atoms with Crippen LogP contribution < -0.4 is 5.73 Å². The molecule has 0 radical (unpaired) electrons. The molecule has 0 aliphatic heterocycles. The zero-order valence-electron chi connectivity index (χ0n) is 14.5. The van der Waals surface area contributed by atoms with Crippen LogP contribution in [-0.4, -0.2) is 27.7 Å². The molecule has 138 valence electrons. The van der Waals surface area contributed by atoms with E-state index in [-0.39, 0.29) is 5.57 Å². The van der Waals surface area contributed by atoms with Crippen LogP contribution in [0.2, 0.25) is 0 Å². The van der Waals surface area contributed by atoms with E-state index in [1.54, 1.807) is 6.08 Å². The molecule has 0 spiro atoms. The van der Waals surface area contributed by atoms with Gasteiger partial charge in [0.1, 0.15) is 0 Å². The zero-order chi connectivity index (χ0) is 17.5. The van der Waals surface area contributed by atoms with Crippen LogP contribution in [0.15, 0.2) is 11.6 Å². The molecular formula is C18H32NO4P. The Morgan fingerprint density at radius 2 is 1.62 bits per heavy atom. The minimum absolute atomic E-state index is 0.0663. The van der Waals surface area contributed by atoms with E-state index in [1.807, 2.05) is 0 Å². The van der Waals surface area contributed by atoms with Crippen molar-refractivity contribution in [2.45, 2.75) is 82.3 Å². The molecule has 2 fully saturated rings. The minimum Gasteiger partial charge on any atom is -0.478 e. The molecule has 3 unspecified atom stereocenters. The fraction of sp³-hybridized carbons (Fsp3) is 0.833. The maximum Gasteiger partial charge on any atom is 0.332 e. The molecule has 0 aromatic carbocycles. The lowest BCUT2D eigenvalue weighted by molar-refractivity contribution is -0.132. The van der Waals surface area contributed by atoms with Crippen LogP contribution in [0.4, 0.5) is 0 Å². The van der Waals surface area contributed by atoms with E-state index in [1.165, 1.54) is 32.1 Å². The second kappa shape index (κ2) is 9.74. The highest BCUT2D eigenvalue weighted by Crippen LogP contribution is 2.37. The number of hydrogen-bond donors (Lipinski definition) is 3. The molecule has 0 heterocycles. The van der Waals surface area contributed by atoms with Crippen molar-refractivity contribution < 1.29 is 19.4 Å². The Balaban J connectivity index is 2.06. The van der Waals surface area contributed by atoms with Gasteiger partial charge in [-0.05, 0) is 24.7 Å². The molecule has 0 aromatic rings. The van der Waals surface area contributed by atoms with Crippen molar-refractivity contribution in [3.8, 4) is 0 Å². The monoisotopic (exact) mass is 357 g/mol. The highest BCUT2D eigenvalue weighted by atomic mass is 31.1. The second-order valence-electron chi connectivity index (χ2n) is 7.57. The molecule has 2 aliphatic carbocycles. The standard InChI is InChI=1S/C18H32NO4P/c19-16(12-14-8-2-1-3-9-14)17(24(22)23)15(18(20)21)11-10-13-6-4-5-7-13/h11,13-14,16-17,24H,1-10,12,19H2,(H,20,21)(H,22,23)/b15-11+. The molecule has 0 saturated heterocycles. The maximum atomic E-state index is 11.9. The summed E-state index contributed by atoms with van der Waals surface area (Å²) in [6.45, 7) is 0. The van der Waals surface area contributed by atoms with E-state index in [0.717, 1.165) is 25.7 Å². The number of aliphatic carboxylic acids is 1. The summed E-state index contributed by atoms with van der Waals surface area (Å²) in [6, 6.07) is -0.546. The van der Waals surface area contributed by atoms with Crippen LogP contribution in [0.3, 0.4) is 0 Å². The lowest BCUT2D eigenvalue weighted by Gasteiger charge is -2.28. The molecule has 6 heteroatoms. The van der Waals surface area contributed by atoms with E-state index in [4.69, 9.17) is 5.73 Å². The maximum absolute atomic E-state index is 11.9. The lowest BCUT2D eigenvalue weighted by Crippen LogP contribution is -2.38. The molecule has 0 amide bonds. The Morgan fingerprint density at radius 1 is 1.08 bits per heavy atom. The molecule has 5 nitrogen and oxygen atoms in total. The normalized spacial score (nSPS) is 24.7. The van der Waals surface area contributed by atoms with E-state index >= 15 is 0 Å². The summed E-state index contributed by atoms with van der Waals surface area (Å²) in [5, 5.41) is 9.56. The molecule has 24 heavy (non-hydrogen) atoms. The van der Waals surface area contributed by atoms with Crippen molar-refractivity contribution in [3.05, 3.63) is 11.6 Å². The molecule has 2 saturated carbocycles. The van der Waals surface area contributed by atoms with Crippen molar-refractivity contribution in [2.24, 2.45) is 17.6 Å². The van der Waals surface area contributed by atoms with Crippen molar-refractivity contribution in [1.82, 2.24) is 0 Å². The number of nitrogens with two attached hydrogens (primary N) is 1. The molecule has 2 aliphatic rings. The van der Waals surface area contributed by atoms with Gasteiger partial charge in [0.05, 0.1) is 5.66 Å². The van der Waals surface area contributed by atoms with Crippen molar-refractivity contribution >= 4 is 14.0 Å². The fourth-order valence-corrected chi connectivity index (χ4v) is 5.39. The molecule has 2 rings (SSSR count). The first kappa shape index (κ1) is 19.7. The van der Waals surface area contributed by atoms with Crippen LogP contribution in [0.1, 0.15) is 70.6 Å². The van der Waals surface area contributed by atoms with Gasteiger partial charge in [-0.2, -0.15) is 0 Å². The van der Waals surface area contributed by atoms with Crippen LogP contribution >= 0.6 is 8.03 Å². The van der Waals surface area contributed by atoms with Gasteiger partial charge in [0, 0.05) is 11.6 Å². The number of rotatable bonds is 8. The fourth-order valence-electron chi connectivity index (χ4n) is 4.38. The van der Waals surface area contributed by atoms with Gasteiger partial charge >= 0.3 is 5.97 Å². The third-order valence-electron chi connectivity index (χ3n) is 5.75. The number of carboxylic acid groups (broad SMARTS) is 1. The van der Waals surface area contributed by atoms with Gasteiger partial charge in [-0.3, -0.25) is 4.57 Å². The van der Waals surface area contributed by atoms with Crippen molar-refractivity contribution in [1.29, 1.82) is 0 Å². The van der Waals surface area contributed by atoms with Crippen LogP contribution in [0.25, 0.3) is 0 Å². The Hall–Kier alpha value is -0.640. The van der Waals surface area contributed by atoms with Crippen LogP contribution in [0.5, 0.6) is 0 Å². The average Bonchev–Trinajstić information content (AvgIpc) is 3.04. The first-order chi connectivity index (χ1) is 11.5. The summed E-state index contributed by atoms with van der Waals surface area (Å²) in [4.78, 5) is 21.5. The first-order valence-corrected chi connectivity index (χ1v) is 10.8. The van der Waals surface area contributed by atoms with Crippen molar-refractivity contribution in [2.75, 3.05) is 0 Å². The van der Waals surface area contributed by atoms with E-state index in [2.05, 4.69) is 0 Å². The van der Waals surface area contributed by atoms with Gasteiger partial charge in [0.25, 0.3) is 0 Å². The smallest absolute Gasteiger partial charge is 0.332 e. The SMILES string of the molecule is NC(CC1CCCCC1)C(/C(=C\CC1CCCC1)C(=O)O)[PH](=O)O. The number of carboxylic acids is 1. The molecule has 0 aromatic heterocycles. The topological polar surface area (TPSA) is 101 Å². The predicted octanol–water partition coefficient (Wildman–Crippen LogP) is 3.71. The third kappa shape index (κ3) is 5.72. The summed E-state index contributed by atoms with van der Waals surface area (Å²) < 4.78 is 11.9. The summed E-state index contributed by atoms with van der Waals surface area (Å²) in [7, 11) is -3.03. The Bertz CT molecular complexity index is 468. The minimum atomic E-state index is -3.03. The van der Waals surface area contributed by atoms with Gasteiger partial charge in [0.2, 0.25) is 0 Å². The number of allylic oxidation sites excluding steroid dienone is 1. The summed E-state index contributed by atoms with van der Waals surface area (Å²) in [5.74, 6) is -0.123. The predicted molar refractivity (Wildman–Crippen MR) is 96.5 cm³/mol. The number of hydrogen-bond acceptors (Lipinski definition) is 3. The van der Waals surface area contributed by atoms with E-state index in [9.17, 15) is 19.4 Å². The van der Waals surface area contributed by atoms with Gasteiger partial charge in [-0.15, -0.1) is 0 Å². The van der Waals surface area contributed by atoms with Gasteiger partial charge in [-0.1, -0.05) is 63.9 Å². The zero-order valence-corrected chi connectivity index (χ0v) is 15.5. The quantitative estimate of drug-likeness (QED) is 0.454. The first-order valence-electron chi connectivity index (χ1n) is 9.40. The van der Waals surface area contributed by atoms with Crippen LogP contribution in [0, 0.1) is 11.8 Å². The largest absolute Gasteiger partial charge is 0.478 e. The van der Waals surface area contributed by atoms with E-state index < -0.39 is 25.7 Å². The molecule has 4 N–H and O–H groups in total.